The highest BCUT2D eigenvalue weighted by Gasteiger charge is 2.10. The molecule has 2 rings (SSSR count). The standard InChI is InChI=1S/C18H22BrN3O/c1-12(2)11-22-13(3)9-15(14(22)4)10-20-21-18(23)16-7-5-6-8-17(16)19/h5-10,12H,11H2,1-4H3,(H,21,23)/b20-10-. The van der Waals surface area contributed by atoms with Crippen molar-refractivity contribution in [3.8, 4) is 0 Å². The molecule has 0 aliphatic heterocycles. The number of halogens is 1. The summed E-state index contributed by atoms with van der Waals surface area (Å²) in [6.07, 6.45) is 1.70. The highest BCUT2D eigenvalue weighted by Crippen LogP contribution is 2.16. The number of carbonyl (C=O) groups excluding carboxylic acids is 1. The van der Waals surface area contributed by atoms with Gasteiger partial charge in [0.1, 0.15) is 0 Å². The number of nitrogens with zero attached hydrogens (tertiary/aromatic N) is 2. The molecule has 0 saturated carbocycles. The van der Waals surface area contributed by atoms with E-state index in [-0.39, 0.29) is 5.91 Å². The topological polar surface area (TPSA) is 46.4 Å². The Morgan fingerprint density at radius 2 is 2.04 bits per heavy atom. The Bertz CT molecular complexity index is 732. The van der Waals surface area contributed by atoms with Crippen LogP contribution in [0.2, 0.25) is 0 Å². The lowest BCUT2D eigenvalue weighted by molar-refractivity contribution is 0.0954. The highest BCUT2D eigenvalue weighted by molar-refractivity contribution is 9.10. The van der Waals surface area contributed by atoms with E-state index in [1.54, 1.807) is 12.3 Å². The number of aromatic nitrogens is 1. The van der Waals surface area contributed by atoms with Crippen LogP contribution in [-0.2, 0) is 6.54 Å². The molecule has 2 aromatic rings. The van der Waals surface area contributed by atoms with Gasteiger partial charge in [0.15, 0.2) is 0 Å². The van der Waals surface area contributed by atoms with E-state index in [1.165, 1.54) is 5.69 Å². The minimum atomic E-state index is -0.232. The molecule has 0 unspecified atom stereocenters. The van der Waals surface area contributed by atoms with Crippen molar-refractivity contribution < 1.29 is 4.79 Å². The van der Waals surface area contributed by atoms with Crippen LogP contribution in [0.5, 0.6) is 0 Å². The van der Waals surface area contributed by atoms with E-state index in [4.69, 9.17) is 0 Å². The van der Waals surface area contributed by atoms with Gasteiger partial charge in [-0.1, -0.05) is 26.0 Å². The maximum atomic E-state index is 12.1. The van der Waals surface area contributed by atoms with E-state index in [9.17, 15) is 4.79 Å². The Morgan fingerprint density at radius 3 is 2.70 bits per heavy atom. The van der Waals surface area contributed by atoms with E-state index in [0.717, 1.165) is 22.3 Å². The molecule has 0 saturated heterocycles. The lowest BCUT2D eigenvalue weighted by Gasteiger charge is -2.11. The molecule has 1 heterocycles. The molecule has 122 valence electrons. The Hall–Kier alpha value is -1.88. The molecule has 5 heteroatoms. The lowest BCUT2D eigenvalue weighted by Crippen LogP contribution is -2.18. The van der Waals surface area contributed by atoms with Gasteiger partial charge in [-0.05, 0) is 53.9 Å². The largest absolute Gasteiger partial charge is 0.348 e. The Balaban J connectivity index is 2.09. The van der Waals surface area contributed by atoms with Gasteiger partial charge in [0.25, 0.3) is 5.91 Å². The average Bonchev–Trinajstić information content (AvgIpc) is 2.75. The summed E-state index contributed by atoms with van der Waals surface area (Å²) in [6, 6.07) is 9.37. The van der Waals surface area contributed by atoms with Gasteiger partial charge in [-0.3, -0.25) is 4.79 Å². The van der Waals surface area contributed by atoms with Crippen LogP contribution in [0.1, 0.15) is 41.2 Å². The lowest BCUT2D eigenvalue weighted by atomic mass is 10.2. The summed E-state index contributed by atoms with van der Waals surface area (Å²) in [6.45, 7) is 9.54. The zero-order chi connectivity index (χ0) is 17.0. The SMILES string of the molecule is Cc1cc(/C=N\NC(=O)c2ccccc2Br)c(C)n1CC(C)C. The van der Waals surface area contributed by atoms with Crippen LogP contribution in [0.15, 0.2) is 39.9 Å². The minimum absolute atomic E-state index is 0.232. The van der Waals surface area contributed by atoms with Crippen LogP contribution in [0, 0.1) is 19.8 Å². The number of benzene rings is 1. The van der Waals surface area contributed by atoms with Crippen molar-refractivity contribution >= 4 is 28.1 Å². The van der Waals surface area contributed by atoms with Crippen molar-refractivity contribution in [1.29, 1.82) is 0 Å². The summed E-state index contributed by atoms with van der Waals surface area (Å²) < 4.78 is 3.03. The van der Waals surface area contributed by atoms with Crippen molar-refractivity contribution in [3.05, 3.63) is 57.3 Å². The first-order chi connectivity index (χ1) is 10.9. The fraction of sp³-hybridized carbons (Fsp3) is 0.333. The fourth-order valence-electron chi connectivity index (χ4n) is 2.47. The predicted octanol–water partition coefficient (Wildman–Crippen LogP) is 4.29. The van der Waals surface area contributed by atoms with E-state index < -0.39 is 0 Å². The molecule has 1 N–H and O–H groups in total. The third kappa shape index (κ3) is 4.32. The van der Waals surface area contributed by atoms with Gasteiger partial charge in [0.05, 0.1) is 11.8 Å². The molecule has 0 atom stereocenters. The van der Waals surface area contributed by atoms with Gasteiger partial charge in [-0.25, -0.2) is 5.43 Å². The van der Waals surface area contributed by atoms with Crippen LogP contribution in [-0.4, -0.2) is 16.7 Å². The maximum Gasteiger partial charge on any atom is 0.272 e. The molecule has 0 aliphatic carbocycles. The Morgan fingerprint density at radius 1 is 1.35 bits per heavy atom. The van der Waals surface area contributed by atoms with Crippen molar-refractivity contribution in [2.45, 2.75) is 34.2 Å². The van der Waals surface area contributed by atoms with Gasteiger partial charge in [0, 0.05) is 28.0 Å². The number of hydrogen-bond acceptors (Lipinski definition) is 2. The zero-order valence-corrected chi connectivity index (χ0v) is 15.5. The van der Waals surface area contributed by atoms with Gasteiger partial charge >= 0.3 is 0 Å². The Kier molecular flexibility index (Phi) is 5.77. The maximum absolute atomic E-state index is 12.1. The predicted molar refractivity (Wildman–Crippen MR) is 97.9 cm³/mol. The van der Waals surface area contributed by atoms with Crippen LogP contribution >= 0.6 is 15.9 Å². The number of nitrogens with one attached hydrogen (secondary N) is 1. The molecule has 23 heavy (non-hydrogen) atoms. The summed E-state index contributed by atoms with van der Waals surface area (Å²) in [5.41, 5.74) is 6.53. The van der Waals surface area contributed by atoms with Crippen LogP contribution in [0.25, 0.3) is 0 Å². The Labute approximate surface area is 145 Å². The summed E-state index contributed by atoms with van der Waals surface area (Å²) in [7, 11) is 0. The summed E-state index contributed by atoms with van der Waals surface area (Å²) >= 11 is 3.36. The molecular formula is C18H22BrN3O. The molecule has 0 fully saturated rings. The quantitative estimate of drug-likeness (QED) is 0.614. The van der Waals surface area contributed by atoms with E-state index in [0.29, 0.717) is 11.5 Å². The first kappa shape index (κ1) is 17.5. The fourth-order valence-corrected chi connectivity index (χ4v) is 2.94. The van der Waals surface area contributed by atoms with Gasteiger partial charge < -0.3 is 4.57 Å². The summed E-state index contributed by atoms with van der Waals surface area (Å²) in [5, 5.41) is 4.09. The van der Waals surface area contributed by atoms with Crippen molar-refractivity contribution in [2.75, 3.05) is 0 Å². The minimum Gasteiger partial charge on any atom is -0.348 e. The average molecular weight is 376 g/mol. The molecule has 1 amide bonds. The van der Waals surface area contributed by atoms with Crippen molar-refractivity contribution in [1.82, 2.24) is 9.99 Å². The number of rotatable bonds is 5. The van der Waals surface area contributed by atoms with Crippen LogP contribution in [0.4, 0.5) is 0 Å². The number of hydrogen-bond donors (Lipinski definition) is 1. The third-order valence-corrected chi connectivity index (χ3v) is 4.34. The molecule has 0 spiro atoms. The number of aryl methyl sites for hydroxylation is 1. The van der Waals surface area contributed by atoms with Gasteiger partial charge in [-0.15, -0.1) is 0 Å². The second-order valence-corrected chi connectivity index (χ2v) is 6.86. The van der Waals surface area contributed by atoms with Crippen LogP contribution < -0.4 is 5.43 Å². The summed E-state index contributed by atoms with van der Waals surface area (Å²) in [4.78, 5) is 12.1. The third-order valence-electron chi connectivity index (χ3n) is 3.65. The number of hydrazone groups is 1. The number of amides is 1. The smallest absolute Gasteiger partial charge is 0.272 e. The first-order valence-corrected chi connectivity index (χ1v) is 8.44. The second-order valence-electron chi connectivity index (χ2n) is 6.01. The normalized spacial score (nSPS) is 11.4. The molecule has 0 aliphatic rings. The molecule has 4 nitrogen and oxygen atoms in total. The van der Waals surface area contributed by atoms with E-state index in [1.807, 2.05) is 18.2 Å². The molecule has 1 aromatic heterocycles. The van der Waals surface area contributed by atoms with Gasteiger partial charge in [-0.2, -0.15) is 5.10 Å². The van der Waals surface area contributed by atoms with Gasteiger partial charge in [0.2, 0.25) is 0 Å². The zero-order valence-electron chi connectivity index (χ0n) is 13.9. The van der Waals surface area contributed by atoms with Crippen molar-refractivity contribution in [3.63, 3.8) is 0 Å². The van der Waals surface area contributed by atoms with Crippen LogP contribution in [0.3, 0.4) is 0 Å². The monoisotopic (exact) mass is 375 g/mol. The number of carbonyl (C=O) groups is 1. The second kappa shape index (κ2) is 7.59. The van der Waals surface area contributed by atoms with E-state index >= 15 is 0 Å². The molecule has 0 bridgehead atoms. The first-order valence-electron chi connectivity index (χ1n) is 7.64. The molecule has 1 aromatic carbocycles. The molecular weight excluding hydrogens is 354 g/mol. The summed E-state index contributed by atoms with van der Waals surface area (Å²) in [5.74, 6) is 0.351. The van der Waals surface area contributed by atoms with E-state index in [2.05, 4.69) is 64.8 Å². The van der Waals surface area contributed by atoms with Crippen molar-refractivity contribution in [2.24, 2.45) is 11.0 Å². The molecule has 0 radical (unpaired) electrons. The highest BCUT2D eigenvalue weighted by atomic mass is 79.9.